The van der Waals surface area contributed by atoms with Gasteiger partial charge in [-0.3, -0.25) is 14.4 Å². The van der Waals surface area contributed by atoms with Gasteiger partial charge in [0.05, 0.1) is 15.4 Å². The molecule has 9 heteroatoms. The third kappa shape index (κ3) is 4.62. The lowest BCUT2D eigenvalue weighted by Gasteiger charge is -2.19. The van der Waals surface area contributed by atoms with E-state index >= 15 is 0 Å². The van der Waals surface area contributed by atoms with Crippen LogP contribution >= 0.6 is 0 Å². The highest BCUT2D eigenvalue weighted by molar-refractivity contribution is 7.91. The molecule has 1 aliphatic rings. The molecule has 0 saturated heterocycles. The molecule has 0 saturated carbocycles. The maximum atomic E-state index is 13.1. The van der Waals surface area contributed by atoms with Crippen LogP contribution in [0.3, 0.4) is 0 Å². The highest BCUT2D eigenvalue weighted by Crippen LogP contribution is 2.34. The number of nitrogens with one attached hydrogen (secondary N) is 1. The van der Waals surface area contributed by atoms with E-state index in [-0.39, 0.29) is 38.0 Å². The number of sulfone groups is 1. The Hall–Kier alpha value is -4.89. The summed E-state index contributed by atoms with van der Waals surface area (Å²) in [6, 6.07) is 24.3. The minimum atomic E-state index is -4.02. The van der Waals surface area contributed by atoms with Gasteiger partial charge in [0.2, 0.25) is 9.84 Å². The third-order valence-electron chi connectivity index (χ3n) is 6.01. The predicted octanol–water partition coefficient (Wildman–Crippen LogP) is 4.36. The number of amides is 1. The van der Waals surface area contributed by atoms with Crippen molar-refractivity contribution < 1.29 is 32.3 Å². The standard InChI is InChI=1S/C29H19NO7S/c31-24(18-10-13-21(14-11-18)30-28(33)19-6-2-1-3-7-19)17-37-29(34)20-12-15-23-26(16-20)38(35,36)25-9-5-4-8-22(25)27(23)32/h1-16H,17H2,(H,30,33). The van der Waals surface area contributed by atoms with Crippen molar-refractivity contribution >= 4 is 39.0 Å². The summed E-state index contributed by atoms with van der Waals surface area (Å²) < 4.78 is 31.2. The first-order chi connectivity index (χ1) is 18.3. The van der Waals surface area contributed by atoms with Crippen LogP contribution in [0.4, 0.5) is 5.69 Å². The maximum Gasteiger partial charge on any atom is 0.338 e. The first-order valence-electron chi connectivity index (χ1n) is 11.5. The molecule has 38 heavy (non-hydrogen) atoms. The van der Waals surface area contributed by atoms with E-state index in [0.717, 1.165) is 6.07 Å². The fourth-order valence-electron chi connectivity index (χ4n) is 4.04. The minimum absolute atomic E-state index is 0.0317. The number of carbonyl (C=O) groups excluding carboxylic acids is 4. The van der Waals surface area contributed by atoms with Crippen LogP contribution in [0.1, 0.15) is 47.0 Å². The van der Waals surface area contributed by atoms with Gasteiger partial charge in [0, 0.05) is 27.9 Å². The van der Waals surface area contributed by atoms with Gasteiger partial charge < -0.3 is 10.1 Å². The topological polar surface area (TPSA) is 124 Å². The first-order valence-corrected chi connectivity index (χ1v) is 12.9. The Morgan fingerprint density at radius 1 is 0.684 bits per heavy atom. The molecule has 4 aromatic rings. The lowest BCUT2D eigenvalue weighted by Crippen LogP contribution is -2.21. The van der Waals surface area contributed by atoms with Crippen molar-refractivity contribution in [1.29, 1.82) is 0 Å². The van der Waals surface area contributed by atoms with E-state index in [4.69, 9.17) is 4.74 Å². The lowest BCUT2D eigenvalue weighted by molar-refractivity contribution is 0.0474. The Morgan fingerprint density at radius 3 is 2.05 bits per heavy atom. The smallest absolute Gasteiger partial charge is 0.338 e. The maximum absolute atomic E-state index is 13.1. The summed E-state index contributed by atoms with van der Waals surface area (Å²) in [4.78, 5) is 49.8. The Balaban J connectivity index is 1.25. The summed E-state index contributed by atoms with van der Waals surface area (Å²) in [6.45, 7) is -0.583. The number of fused-ring (bicyclic) bond motifs is 2. The molecule has 0 radical (unpaired) electrons. The summed E-state index contributed by atoms with van der Waals surface area (Å²) in [5, 5.41) is 2.73. The average Bonchev–Trinajstić information content (AvgIpc) is 2.95. The number of Topliss-reactive ketones (excluding diaryl/α,β-unsaturated/α-hetero) is 1. The zero-order valence-corrected chi connectivity index (χ0v) is 20.5. The van der Waals surface area contributed by atoms with Crippen LogP contribution in [0.2, 0.25) is 0 Å². The molecular weight excluding hydrogens is 506 g/mol. The van der Waals surface area contributed by atoms with E-state index in [1.165, 1.54) is 42.5 Å². The normalized spacial score (nSPS) is 13.1. The van der Waals surface area contributed by atoms with Crippen molar-refractivity contribution in [2.24, 2.45) is 0 Å². The number of rotatable bonds is 6. The number of hydrogen-bond acceptors (Lipinski definition) is 7. The van der Waals surface area contributed by atoms with E-state index in [1.807, 2.05) is 0 Å². The summed E-state index contributed by atoms with van der Waals surface area (Å²) in [6.07, 6.45) is 0. The zero-order valence-electron chi connectivity index (χ0n) is 19.7. The minimum Gasteiger partial charge on any atom is -0.454 e. The van der Waals surface area contributed by atoms with Crippen molar-refractivity contribution in [3.63, 3.8) is 0 Å². The predicted molar refractivity (Wildman–Crippen MR) is 137 cm³/mol. The molecule has 0 unspecified atom stereocenters. The molecule has 0 fully saturated rings. The van der Waals surface area contributed by atoms with Gasteiger partial charge in [-0.2, -0.15) is 0 Å². The summed E-state index contributed by atoms with van der Waals surface area (Å²) in [7, 11) is -4.02. The van der Waals surface area contributed by atoms with E-state index in [0.29, 0.717) is 11.3 Å². The highest BCUT2D eigenvalue weighted by Gasteiger charge is 2.35. The number of carbonyl (C=O) groups is 4. The number of esters is 1. The second kappa shape index (κ2) is 9.87. The fourth-order valence-corrected chi connectivity index (χ4v) is 5.72. The molecule has 8 nitrogen and oxygen atoms in total. The van der Waals surface area contributed by atoms with Crippen molar-refractivity contribution in [2.45, 2.75) is 9.79 Å². The molecule has 0 aromatic heterocycles. The molecular formula is C29H19NO7S. The fraction of sp³-hybridized carbons (Fsp3) is 0.0345. The van der Waals surface area contributed by atoms with Crippen LogP contribution in [0.25, 0.3) is 0 Å². The molecule has 4 aromatic carbocycles. The van der Waals surface area contributed by atoms with Crippen LogP contribution in [0.5, 0.6) is 0 Å². The molecule has 1 amide bonds. The van der Waals surface area contributed by atoms with Gasteiger partial charge in [-0.15, -0.1) is 0 Å². The summed E-state index contributed by atoms with van der Waals surface area (Å²) in [5.74, 6) is -2.15. The summed E-state index contributed by atoms with van der Waals surface area (Å²) >= 11 is 0. The molecule has 1 heterocycles. The molecule has 1 aliphatic heterocycles. The van der Waals surface area contributed by atoms with E-state index in [2.05, 4.69) is 5.32 Å². The monoisotopic (exact) mass is 525 g/mol. The molecule has 0 bridgehead atoms. The van der Waals surface area contributed by atoms with Crippen molar-refractivity contribution in [3.8, 4) is 0 Å². The van der Waals surface area contributed by atoms with Crippen molar-refractivity contribution in [2.75, 3.05) is 11.9 Å². The van der Waals surface area contributed by atoms with Crippen LogP contribution in [-0.4, -0.2) is 38.5 Å². The first kappa shape index (κ1) is 24.8. The van der Waals surface area contributed by atoms with Gasteiger partial charge in [-0.05, 0) is 66.7 Å². The van der Waals surface area contributed by atoms with Crippen LogP contribution in [0.15, 0.2) is 107 Å². The number of benzene rings is 4. The number of ketones is 2. The number of ether oxygens (including phenoxy) is 1. The van der Waals surface area contributed by atoms with Crippen molar-refractivity contribution in [1.82, 2.24) is 0 Å². The molecule has 1 N–H and O–H groups in total. The Kier molecular flexibility index (Phi) is 6.44. The Morgan fingerprint density at radius 2 is 1.32 bits per heavy atom. The third-order valence-corrected chi connectivity index (χ3v) is 7.86. The van der Waals surface area contributed by atoms with Gasteiger partial charge in [0.25, 0.3) is 5.91 Å². The number of hydrogen-bond donors (Lipinski definition) is 1. The Labute approximate surface area is 217 Å². The largest absolute Gasteiger partial charge is 0.454 e. The second-order valence-electron chi connectivity index (χ2n) is 8.44. The van der Waals surface area contributed by atoms with Crippen LogP contribution < -0.4 is 5.32 Å². The van der Waals surface area contributed by atoms with Gasteiger partial charge in [0.15, 0.2) is 18.2 Å². The second-order valence-corrected chi connectivity index (χ2v) is 10.3. The molecule has 0 aliphatic carbocycles. The quantitative estimate of drug-likeness (QED) is 0.258. The lowest BCUT2D eigenvalue weighted by atomic mass is 10.0. The van der Waals surface area contributed by atoms with Gasteiger partial charge >= 0.3 is 5.97 Å². The van der Waals surface area contributed by atoms with Crippen LogP contribution in [-0.2, 0) is 14.6 Å². The number of anilines is 1. The van der Waals surface area contributed by atoms with E-state index in [9.17, 15) is 27.6 Å². The van der Waals surface area contributed by atoms with Crippen molar-refractivity contribution in [3.05, 3.63) is 125 Å². The van der Waals surface area contributed by atoms with Crippen LogP contribution in [0, 0.1) is 0 Å². The van der Waals surface area contributed by atoms with Gasteiger partial charge in [-0.1, -0.05) is 30.3 Å². The molecule has 5 rings (SSSR count). The summed E-state index contributed by atoms with van der Waals surface area (Å²) in [5.41, 5.74) is 1.17. The zero-order chi connectivity index (χ0) is 26.9. The van der Waals surface area contributed by atoms with E-state index in [1.54, 1.807) is 48.5 Å². The molecule has 188 valence electrons. The van der Waals surface area contributed by atoms with Gasteiger partial charge in [0.1, 0.15) is 0 Å². The highest BCUT2D eigenvalue weighted by atomic mass is 32.2. The average molecular weight is 526 g/mol. The van der Waals surface area contributed by atoms with E-state index < -0.39 is 34.0 Å². The molecule has 0 spiro atoms. The molecule has 0 atom stereocenters. The SMILES string of the molecule is O=C(COC(=O)c1ccc2c(c1)S(=O)(=O)c1ccccc1C2=O)c1ccc(NC(=O)c2ccccc2)cc1. The Bertz CT molecular complexity index is 1710. The van der Waals surface area contributed by atoms with Gasteiger partial charge in [-0.25, -0.2) is 13.2 Å².